The van der Waals surface area contributed by atoms with Crippen LogP contribution >= 0.6 is 0 Å². The Kier molecular flexibility index (Phi) is 1.48. The molecule has 2 unspecified atom stereocenters. The van der Waals surface area contributed by atoms with Crippen molar-refractivity contribution >= 4 is 0 Å². The summed E-state index contributed by atoms with van der Waals surface area (Å²) >= 11 is 0. The number of fused-ring (bicyclic) bond motifs is 2. The molecule has 0 amide bonds. The van der Waals surface area contributed by atoms with E-state index in [1.807, 2.05) is 0 Å². The smallest absolute Gasteiger partial charge is 0.00174 e. The Morgan fingerprint density at radius 3 is 2.10 bits per heavy atom. The number of rotatable bonds is 1. The molecule has 2 aliphatic heterocycles. The third-order valence-corrected chi connectivity index (χ3v) is 3.28. The fourth-order valence-electron chi connectivity index (χ4n) is 2.87. The number of nitrogens with one attached hydrogen (secondary N) is 1. The minimum absolute atomic E-state index is 0.922. The van der Waals surface area contributed by atoms with Gasteiger partial charge in [0.2, 0.25) is 0 Å². The molecule has 3 rings (SSSR count). The summed E-state index contributed by atoms with van der Waals surface area (Å²) in [4.78, 5) is 0. The topological polar surface area (TPSA) is 12.0 Å². The molecule has 0 aromatic heterocycles. The van der Waals surface area contributed by atoms with Crippen molar-refractivity contribution in [2.75, 3.05) is 13.1 Å². The van der Waals surface area contributed by atoms with E-state index in [0.29, 0.717) is 0 Å². The summed E-state index contributed by atoms with van der Waals surface area (Å²) in [7, 11) is 0. The minimum Gasteiger partial charge on any atom is -0.316 e. The predicted molar refractivity (Wildman–Crippen MR) is 42.8 cm³/mol. The Morgan fingerprint density at radius 1 is 1.20 bits per heavy atom. The predicted octanol–water partition coefficient (Wildman–Crippen LogP) is 1.50. The Balaban J connectivity index is 1.99. The monoisotopic (exact) mass is 139 g/mol. The van der Waals surface area contributed by atoms with Gasteiger partial charge in [0.15, 0.2) is 0 Å². The first-order chi connectivity index (χ1) is 4.79. The lowest BCUT2D eigenvalue weighted by Gasteiger charge is -2.52. The maximum absolute atomic E-state index is 3.47. The highest BCUT2D eigenvalue weighted by atomic mass is 14.9. The lowest BCUT2D eigenvalue weighted by Crippen LogP contribution is -2.54. The van der Waals surface area contributed by atoms with Crippen LogP contribution in [0.3, 0.4) is 0 Å². The van der Waals surface area contributed by atoms with Crippen molar-refractivity contribution in [3.05, 3.63) is 0 Å². The fraction of sp³-hybridized carbons (Fsp3) is 1.00. The first-order valence-electron chi connectivity index (χ1n) is 4.49. The van der Waals surface area contributed by atoms with Crippen LogP contribution in [0.5, 0.6) is 0 Å². The van der Waals surface area contributed by atoms with Gasteiger partial charge in [-0.05, 0) is 43.2 Å². The van der Waals surface area contributed by atoms with E-state index in [2.05, 4.69) is 19.2 Å². The van der Waals surface area contributed by atoms with Crippen LogP contribution in [-0.4, -0.2) is 13.1 Å². The van der Waals surface area contributed by atoms with Crippen molar-refractivity contribution in [1.82, 2.24) is 5.32 Å². The average Bonchev–Trinajstić information content (AvgIpc) is 1.87. The normalized spacial score (nSPS) is 45.3. The van der Waals surface area contributed by atoms with Gasteiger partial charge in [-0.25, -0.2) is 0 Å². The largest absolute Gasteiger partial charge is 0.316 e. The Labute approximate surface area is 63.2 Å². The van der Waals surface area contributed by atoms with E-state index in [1.54, 1.807) is 0 Å². The fourth-order valence-corrected chi connectivity index (χ4v) is 2.87. The molecule has 2 bridgehead atoms. The third kappa shape index (κ3) is 0.800. The van der Waals surface area contributed by atoms with E-state index in [0.717, 1.165) is 23.7 Å². The lowest BCUT2D eigenvalue weighted by atomic mass is 9.58. The zero-order valence-corrected chi connectivity index (χ0v) is 6.93. The standard InChI is InChI=1S/C9H17N/c1-6(2)9-7-3-8(9)5-10-4-7/h6-10H,3-5H2,1-2H3/t7-,8?,9?/m1/s1. The van der Waals surface area contributed by atoms with Crippen molar-refractivity contribution < 1.29 is 0 Å². The molecule has 1 heteroatoms. The Morgan fingerprint density at radius 2 is 1.80 bits per heavy atom. The summed E-state index contributed by atoms with van der Waals surface area (Å²) < 4.78 is 0. The van der Waals surface area contributed by atoms with Crippen molar-refractivity contribution in [3.63, 3.8) is 0 Å². The maximum atomic E-state index is 3.47. The molecule has 1 aliphatic carbocycles. The minimum atomic E-state index is 0.922. The van der Waals surface area contributed by atoms with Gasteiger partial charge in [-0.2, -0.15) is 0 Å². The van der Waals surface area contributed by atoms with Gasteiger partial charge in [0.05, 0.1) is 0 Å². The average molecular weight is 139 g/mol. The van der Waals surface area contributed by atoms with E-state index >= 15 is 0 Å². The lowest BCUT2D eigenvalue weighted by molar-refractivity contribution is -0.00230. The van der Waals surface area contributed by atoms with Crippen LogP contribution in [-0.2, 0) is 0 Å². The van der Waals surface area contributed by atoms with Crippen LogP contribution in [0, 0.1) is 23.7 Å². The van der Waals surface area contributed by atoms with Crippen LogP contribution in [0.25, 0.3) is 0 Å². The van der Waals surface area contributed by atoms with Gasteiger partial charge >= 0.3 is 0 Å². The van der Waals surface area contributed by atoms with Crippen molar-refractivity contribution in [3.8, 4) is 0 Å². The highest BCUT2D eigenvalue weighted by Gasteiger charge is 2.44. The van der Waals surface area contributed by atoms with Gasteiger partial charge in [-0.15, -0.1) is 0 Å². The number of hydrogen-bond acceptors (Lipinski definition) is 1. The van der Waals surface area contributed by atoms with Crippen LogP contribution in [0.4, 0.5) is 0 Å². The molecule has 0 radical (unpaired) electrons. The molecule has 0 spiro atoms. The van der Waals surface area contributed by atoms with E-state index in [4.69, 9.17) is 0 Å². The van der Waals surface area contributed by atoms with Gasteiger partial charge in [-0.1, -0.05) is 13.8 Å². The highest BCUT2D eigenvalue weighted by molar-refractivity contribution is 4.96. The molecular weight excluding hydrogens is 122 g/mol. The van der Waals surface area contributed by atoms with Crippen molar-refractivity contribution in [2.45, 2.75) is 20.3 Å². The summed E-state index contributed by atoms with van der Waals surface area (Å²) in [5, 5.41) is 3.47. The Bertz CT molecular complexity index is 117. The van der Waals surface area contributed by atoms with Crippen molar-refractivity contribution in [2.24, 2.45) is 23.7 Å². The first-order valence-corrected chi connectivity index (χ1v) is 4.49. The van der Waals surface area contributed by atoms with Gasteiger partial charge < -0.3 is 5.32 Å². The number of hydrogen-bond donors (Lipinski definition) is 1. The Hall–Kier alpha value is -0.0400. The molecule has 2 saturated heterocycles. The second-order valence-corrected chi connectivity index (χ2v) is 4.24. The molecule has 0 aromatic carbocycles. The molecule has 3 fully saturated rings. The van der Waals surface area contributed by atoms with Gasteiger partial charge in [-0.3, -0.25) is 0 Å². The van der Waals surface area contributed by atoms with E-state index < -0.39 is 0 Å². The number of piperidine rings is 2. The molecule has 0 aromatic rings. The summed E-state index contributed by atoms with van der Waals surface area (Å²) in [6.45, 7) is 7.32. The third-order valence-electron chi connectivity index (χ3n) is 3.28. The molecular formula is C9H17N. The second-order valence-electron chi connectivity index (χ2n) is 4.24. The van der Waals surface area contributed by atoms with Gasteiger partial charge in [0, 0.05) is 0 Å². The van der Waals surface area contributed by atoms with Crippen LogP contribution < -0.4 is 5.32 Å². The zero-order valence-electron chi connectivity index (χ0n) is 6.93. The zero-order chi connectivity index (χ0) is 7.14. The molecule has 10 heavy (non-hydrogen) atoms. The molecule has 3 atom stereocenters. The van der Waals surface area contributed by atoms with Crippen LogP contribution in [0.2, 0.25) is 0 Å². The van der Waals surface area contributed by atoms with E-state index in [-0.39, 0.29) is 0 Å². The van der Waals surface area contributed by atoms with E-state index in [1.165, 1.54) is 19.5 Å². The first kappa shape index (κ1) is 6.66. The molecule has 2 heterocycles. The summed E-state index contributed by atoms with van der Waals surface area (Å²) in [6, 6.07) is 0. The van der Waals surface area contributed by atoms with Gasteiger partial charge in [0.25, 0.3) is 0 Å². The SMILES string of the molecule is CC(C)C1C2CNC[C@H]1C2. The summed E-state index contributed by atoms with van der Waals surface area (Å²) in [5.74, 6) is 4.03. The summed E-state index contributed by atoms with van der Waals surface area (Å²) in [5.41, 5.74) is 0. The van der Waals surface area contributed by atoms with Crippen LogP contribution in [0.15, 0.2) is 0 Å². The highest BCUT2D eigenvalue weighted by Crippen LogP contribution is 2.46. The van der Waals surface area contributed by atoms with E-state index in [9.17, 15) is 0 Å². The molecule has 1 N–H and O–H groups in total. The quantitative estimate of drug-likeness (QED) is 0.580. The summed E-state index contributed by atoms with van der Waals surface area (Å²) in [6.07, 6.45) is 1.51. The van der Waals surface area contributed by atoms with Crippen molar-refractivity contribution in [1.29, 1.82) is 0 Å². The second kappa shape index (κ2) is 2.23. The molecule has 1 saturated carbocycles. The molecule has 1 nitrogen and oxygen atoms in total. The van der Waals surface area contributed by atoms with Gasteiger partial charge in [0.1, 0.15) is 0 Å². The molecule has 3 aliphatic rings. The maximum Gasteiger partial charge on any atom is -0.00174 e. The molecule has 58 valence electrons. The van der Waals surface area contributed by atoms with Crippen LogP contribution in [0.1, 0.15) is 20.3 Å².